The molecule has 17 heavy (non-hydrogen) atoms. The van der Waals surface area contributed by atoms with Crippen LogP contribution >= 0.6 is 11.6 Å². The van der Waals surface area contributed by atoms with Gasteiger partial charge in [0.15, 0.2) is 11.4 Å². The SMILES string of the molecule is ClCc1nc2cccnc2n1Cc1ccno1. The summed E-state index contributed by atoms with van der Waals surface area (Å²) in [7, 11) is 0. The van der Waals surface area contributed by atoms with Gasteiger partial charge >= 0.3 is 0 Å². The Morgan fingerprint density at radius 2 is 2.24 bits per heavy atom. The highest BCUT2D eigenvalue weighted by Gasteiger charge is 2.12. The molecule has 0 amide bonds. The van der Waals surface area contributed by atoms with Gasteiger partial charge in [-0.3, -0.25) is 0 Å². The lowest BCUT2D eigenvalue weighted by Crippen LogP contribution is -2.03. The molecule has 0 N–H and O–H groups in total. The molecule has 0 spiro atoms. The van der Waals surface area contributed by atoms with Crippen molar-refractivity contribution >= 4 is 22.8 Å². The van der Waals surface area contributed by atoms with Gasteiger partial charge < -0.3 is 9.09 Å². The van der Waals surface area contributed by atoms with Crippen LogP contribution in [0.1, 0.15) is 11.6 Å². The minimum atomic E-state index is 0.338. The number of halogens is 1. The van der Waals surface area contributed by atoms with E-state index in [0.717, 1.165) is 22.7 Å². The second-order valence-corrected chi connectivity index (χ2v) is 3.84. The Morgan fingerprint density at radius 3 is 3.00 bits per heavy atom. The van der Waals surface area contributed by atoms with Crippen LogP contribution in [0, 0.1) is 0 Å². The average Bonchev–Trinajstić information content (AvgIpc) is 2.98. The molecule has 3 aromatic heterocycles. The average molecular weight is 249 g/mol. The van der Waals surface area contributed by atoms with Crippen LogP contribution in [0.2, 0.25) is 0 Å². The third-order valence-corrected chi connectivity index (χ3v) is 2.75. The van der Waals surface area contributed by atoms with E-state index in [9.17, 15) is 0 Å². The third-order valence-electron chi connectivity index (χ3n) is 2.51. The minimum absolute atomic E-state index is 0.338. The first-order valence-corrected chi connectivity index (χ1v) is 5.67. The molecule has 0 fully saturated rings. The molecule has 5 nitrogen and oxygen atoms in total. The van der Waals surface area contributed by atoms with Crippen LogP contribution in [0.15, 0.2) is 35.1 Å². The van der Waals surface area contributed by atoms with Crippen molar-refractivity contribution < 1.29 is 4.52 Å². The highest BCUT2D eigenvalue weighted by molar-refractivity contribution is 6.16. The summed E-state index contributed by atoms with van der Waals surface area (Å²) >= 11 is 5.89. The number of rotatable bonds is 3. The van der Waals surface area contributed by atoms with Gasteiger partial charge in [-0.1, -0.05) is 5.16 Å². The van der Waals surface area contributed by atoms with Crippen molar-refractivity contribution in [2.45, 2.75) is 12.4 Å². The molecule has 0 atom stereocenters. The van der Waals surface area contributed by atoms with Gasteiger partial charge in [0, 0.05) is 12.3 Å². The minimum Gasteiger partial charge on any atom is -0.359 e. The summed E-state index contributed by atoms with van der Waals surface area (Å²) in [5.41, 5.74) is 1.64. The molecule has 0 aliphatic heterocycles. The first-order valence-electron chi connectivity index (χ1n) is 5.14. The molecule has 0 aliphatic rings. The summed E-state index contributed by atoms with van der Waals surface area (Å²) in [6, 6.07) is 5.58. The first-order chi connectivity index (χ1) is 8.38. The molecule has 0 unspecified atom stereocenters. The maximum absolute atomic E-state index is 5.89. The molecule has 0 aromatic carbocycles. The molecule has 86 valence electrons. The summed E-state index contributed by atoms with van der Waals surface area (Å²) in [6.07, 6.45) is 3.35. The van der Waals surface area contributed by atoms with Gasteiger partial charge in [-0.25, -0.2) is 9.97 Å². The first kappa shape index (κ1) is 10.3. The van der Waals surface area contributed by atoms with E-state index in [1.54, 1.807) is 12.4 Å². The maximum Gasteiger partial charge on any atom is 0.160 e. The molecule has 3 rings (SSSR count). The Balaban J connectivity index is 2.12. The number of alkyl halides is 1. The van der Waals surface area contributed by atoms with E-state index in [4.69, 9.17) is 16.1 Å². The van der Waals surface area contributed by atoms with Gasteiger partial charge in [0.05, 0.1) is 18.6 Å². The normalized spacial score (nSPS) is 11.1. The summed E-state index contributed by atoms with van der Waals surface area (Å²) in [5, 5.41) is 3.68. The van der Waals surface area contributed by atoms with Crippen LogP contribution in [-0.2, 0) is 12.4 Å². The number of nitrogens with zero attached hydrogens (tertiary/aromatic N) is 4. The van der Waals surface area contributed by atoms with Crippen LogP contribution in [0.25, 0.3) is 11.2 Å². The fourth-order valence-corrected chi connectivity index (χ4v) is 1.96. The van der Waals surface area contributed by atoms with Gasteiger partial charge in [-0.2, -0.15) is 0 Å². The van der Waals surface area contributed by atoms with Gasteiger partial charge in [0.25, 0.3) is 0 Å². The Morgan fingerprint density at radius 1 is 1.29 bits per heavy atom. The number of aromatic nitrogens is 4. The van der Waals surface area contributed by atoms with Crippen molar-refractivity contribution in [3.63, 3.8) is 0 Å². The smallest absolute Gasteiger partial charge is 0.160 e. The summed E-state index contributed by atoms with van der Waals surface area (Å²) < 4.78 is 7.02. The van der Waals surface area contributed by atoms with Gasteiger partial charge in [-0.15, -0.1) is 11.6 Å². The Kier molecular flexibility index (Phi) is 2.53. The van der Waals surface area contributed by atoms with E-state index in [0.29, 0.717) is 12.4 Å². The largest absolute Gasteiger partial charge is 0.359 e. The van der Waals surface area contributed by atoms with Gasteiger partial charge in [0.2, 0.25) is 0 Å². The predicted molar refractivity (Wildman–Crippen MR) is 62.7 cm³/mol. The molecular weight excluding hydrogens is 240 g/mol. The van der Waals surface area contributed by atoms with Gasteiger partial charge in [-0.05, 0) is 12.1 Å². The lowest BCUT2D eigenvalue weighted by molar-refractivity contribution is 0.376. The third kappa shape index (κ3) is 1.78. The standard InChI is InChI=1S/C11H9ClN4O/c12-6-10-15-9-2-1-4-13-11(9)16(10)7-8-3-5-14-17-8/h1-5H,6-7H2. The molecule has 3 aromatic rings. The molecule has 3 heterocycles. The van der Waals surface area contributed by atoms with E-state index in [1.165, 1.54) is 0 Å². The Hall–Kier alpha value is -1.88. The van der Waals surface area contributed by atoms with Crippen molar-refractivity contribution in [3.8, 4) is 0 Å². The fourth-order valence-electron chi connectivity index (χ4n) is 1.75. The second kappa shape index (κ2) is 4.18. The number of hydrogen-bond donors (Lipinski definition) is 0. The van der Waals surface area contributed by atoms with Gasteiger partial charge in [0.1, 0.15) is 11.3 Å². The monoisotopic (exact) mass is 248 g/mol. The number of fused-ring (bicyclic) bond motifs is 1. The Bertz CT molecular complexity index is 632. The zero-order valence-electron chi connectivity index (χ0n) is 8.88. The highest BCUT2D eigenvalue weighted by atomic mass is 35.5. The fraction of sp³-hybridized carbons (Fsp3) is 0.182. The number of hydrogen-bond acceptors (Lipinski definition) is 4. The van der Waals surface area contributed by atoms with Crippen molar-refractivity contribution in [2.24, 2.45) is 0 Å². The van der Waals surface area contributed by atoms with E-state index < -0.39 is 0 Å². The quantitative estimate of drug-likeness (QED) is 0.667. The van der Waals surface area contributed by atoms with Crippen LogP contribution in [0.3, 0.4) is 0 Å². The zero-order chi connectivity index (χ0) is 11.7. The predicted octanol–water partition coefficient (Wildman–Crippen LogP) is 2.21. The number of pyridine rings is 1. The molecule has 0 aliphatic carbocycles. The van der Waals surface area contributed by atoms with E-state index in [-0.39, 0.29) is 0 Å². The van der Waals surface area contributed by atoms with Crippen molar-refractivity contribution in [2.75, 3.05) is 0 Å². The van der Waals surface area contributed by atoms with E-state index in [1.807, 2.05) is 22.8 Å². The zero-order valence-corrected chi connectivity index (χ0v) is 9.63. The summed E-state index contributed by atoms with van der Waals surface area (Å²) in [6.45, 7) is 0.537. The van der Waals surface area contributed by atoms with Crippen molar-refractivity contribution in [1.29, 1.82) is 0 Å². The lowest BCUT2D eigenvalue weighted by Gasteiger charge is -2.03. The lowest BCUT2D eigenvalue weighted by atomic mass is 10.4. The van der Waals surface area contributed by atoms with E-state index >= 15 is 0 Å². The Labute approximate surface area is 102 Å². The maximum atomic E-state index is 5.89. The van der Waals surface area contributed by atoms with Crippen LogP contribution in [0.4, 0.5) is 0 Å². The topological polar surface area (TPSA) is 56.7 Å². The van der Waals surface area contributed by atoms with Crippen molar-refractivity contribution in [3.05, 3.63) is 42.2 Å². The number of imidazole rings is 1. The second-order valence-electron chi connectivity index (χ2n) is 3.57. The van der Waals surface area contributed by atoms with Crippen LogP contribution in [0.5, 0.6) is 0 Å². The van der Waals surface area contributed by atoms with Crippen molar-refractivity contribution in [1.82, 2.24) is 19.7 Å². The van der Waals surface area contributed by atoms with Crippen LogP contribution in [-0.4, -0.2) is 19.7 Å². The molecule has 6 heteroatoms. The summed E-state index contributed by atoms with van der Waals surface area (Å²) in [4.78, 5) is 8.73. The molecular formula is C11H9ClN4O. The summed E-state index contributed by atoms with van der Waals surface area (Å²) in [5.74, 6) is 1.86. The molecule has 0 saturated heterocycles. The van der Waals surface area contributed by atoms with E-state index in [2.05, 4.69) is 15.1 Å². The van der Waals surface area contributed by atoms with Crippen LogP contribution < -0.4 is 0 Å². The molecule has 0 saturated carbocycles. The highest BCUT2D eigenvalue weighted by Crippen LogP contribution is 2.16. The molecule has 0 bridgehead atoms. The molecule has 0 radical (unpaired) electrons.